The van der Waals surface area contributed by atoms with E-state index in [9.17, 15) is 8.42 Å². The molecule has 2 aliphatic heterocycles. The Labute approximate surface area is 207 Å². The van der Waals surface area contributed by atoms with Crippen molar-refractivity contribution in [2.45, 2.75) is 31.8 Å². The highest BCUT2D eigenvalue weighted by atomic mass is 32.2. The molecule has 0 spiro atoms. The molecule has 10 heteroatoms. The van der Waals surface area contributed by atoms with Gasteiger partial charge in [0.25, 0.3) is 0 Å². The minimum absolute atomic E-state index is 0.0483. The third kappa shape index (κ3) is 5.83. The molecule has 0 aromatic heterocycles. The highest BCUT2D eigenvalue weighted by Crippen LogP contribution is 2.30. The standard InChI is InChI=1S/C25H33N5O4S/c1-4-34-22-14-16-29(17-15-22)35(31,32)28-25(26-2)30-18-23(19-8-6-5-7-9-19)24(27-30)20-10-12-21(33-3)13-11-20/h5-13,22-23H,4,14-18H2,1-3H3,(H,26,28). The summed E-state index contributed by atoms with van der Waals surface area (Å²) in [6.07, 6.45) is 1.45. The Morgan fingerprint density at radius 1 is 1.11 bits per heavy atom. The molecule has 9 nitrogen and oxygen atoms in total. The summed E-state index contributed by atoms with van der Waals surface area (Å²) in [5, 5.41) is 6.46. The molecule has 0 amide bonds. The predicted molar refractivity (Wildman–Crippen MR) is 137 cm³/mol. The van der Waals surface area contributed by atoms with Crippen LogP contribution in [0.25, 0.3) is 0 Å². The Morgan fingerprint density at radius 2 is 1.80 bits per heavy atom. The predicted octanol–water partition coefficient (Wildman–Crippen LogP) is 2.82. The van der Waals surface area contributed by atoms with Crippen LogP contribution in [0.4, 0.5) is 0 Å². The van der Waals surface area contributed by atoms with Gasteiger partial charge >= 0.3 is 10.2 Å². The molecule has 0 bridgehead atoms. The zero-order chi connectivity index (χ0) is 24.8. The van der Waals surface area contributed by atoms with E-state index in [0.717, 1.165) is 22.6 Å². The molecule has 1 saturated heterocycles. The third-order valence-corrected chi connectivity index (χ3v) is 7.81. The van der Waals surface area contributed by atoms with Crippen LogP contribution < -0.4 is 9.46 Å². The normalized spacial score (nSPS) is 20.1. The van der Waals surface area contributed by atoms with Gasteiger partial charge in [-0.1, -0.05) is 30.3 Å². The lowest BCUT2D eigenvalue weighted by molar-refractivity contribution is 0.0289. The van der Waals surface area contributed by atoms with Gasteiger partial charge in [-0.3, -0.25) is 4.99 Å². The highest BCUT2D eigenvalue weighted by molar-refractivity contribution is 7.87. The first-order valence-corrected chi connectivity index (χ1v) is 13.3. The van der Waals surface area contributed by atoms with Crippen molar-refractivity contribution in [1.29, 1.82) is 0 Å². The number of nitrogens with one attached hydrogen (secondary N) is 1. The van der Waals surface area contributed by atoms with E-state index in [1.807, 2.05) is 49.4 Å². The summed E-state index contributed by atoms with van der Waals surface area (Å²) < 4.78 is 41.4. The molecule has 35 heavy (non-hydrogen) atoms. The minimum atomic E-state index is -3.77. The molecule has 4 rings (SSSR count). The van der Waals surface area contributed by atoms with Crippen molar-refractivity contribution in [3.63, 3.8) is 0 Å². The number of methoxy groups -OCH3 is 1. The van der Waals surface area contributed by atoms with Crippen LogP contribution in [0.2, 0.25) is 0 Å². The quantitative estimate of drug-likeness (QED) is 0.467. The van der Waals surface area contributed by atoms with Gasteiger partial charge in [-0.05, 0) is 55.2 Å². The average molecular weight is 500 g/mol. The van der Waals surface area contributed by atoms with Crippen LogP contribution in [-0.2, 0) is 14.9 Å². The number of nitrogens with zero attached hydrogens (tertiary/aromatic N) is 4. The summed E-state index contributed by atoms with van der Waals surface area (Å²) in [6.45, 7) is 3.86. The molecule has 2 heterocycles. The fourth-order valence-corrected chi connectivity index (χ4v) is 5.72. The van der Waals surface area contributed by atoms with Crippen molar-refractivity contribution < 1.29 is 17.9 Å². The van der Waals surface area contributed by atoms with Crippen molar-refractivity contribution in [3.8, 4) is 5.75 Å². The SMILES string of the molecule is CCOC1CCN(S(=O)(=O)NC(=NC)N2CC(c3ccccc3)C(c3ccc(OC)cc3)=N2)CC1. The summed E-state index contributed by atoms with van der Waals surface area (Å²) in [7, 11) is -0.576. The zero-order valence-corrected chi connectivity index (χ0v) is 21.2. The lowest BCUT2D eigenvalue weighted by Crippen LogP contribution is -2.51. The van der Waals surface area contributed by atoms with E-state index >= 15 is 0 Å². The lowest BCUT2D eigenvalue weighted by Gasteiger charge is -2.31. The van der Waals surface area contributed by atoms with E-state index in [4.69, 9.17) is 14.6 Å². The fourth-order valence-electron chi connectivity index (χ4n) is 4.47. The summed E-state index contributed by atoms with van der Waals surface area (Å²) >= 11 is 0. The number of guanidine groups is 1. The maximum Gasteiger partial charge on any atom is 0.303 e. The van der Waals surface area contributed by atoms with Crippen LogP contribution in [0.15, 0.2) is 64.7 Å². The molecule has 1 fully saturated rings. The molecule has 1 N–H and O–H groups in total. The van der Waals surface area contributed by atoms with Gasteiger partial charge < -0.3 is 9.47 Å². The first-order valence-electron chi connectivity index (χ1n) is 11.9. The second kappa shape index (κ2) is 11.2. The maximum atomic E-state index is 13.2. The second-order valence-electron chi connectivity index (χ2n) is 8.47. The number of piperidine rings is 1. The van der Waals surface area contributed by atoms with Crippen LogP contribution in [-0.4, -0.2) is 75.9 Å². The van der Waals surface area contributed by atoms with Crippen LogP contribution in [0.1, 0.15) is 36.8 Å². The van der Waals surface area contributed by atoms with Crippen molar-refractivity contribution in [2.24, 2.45) is 10.1 Å². The smallest absolute Gasteiger partial charge is 0.303 e. The summed E-state index contributed by atoms with van der Waals surface area (Å²) in [5.74, 6) is 0.909. The molecule has 2 aromatic carbocycles. The lowest BCUT2D eigenvalue weighted by atomic mass is 9.90. The van der Waals surface area contributed by atoms with Crippen LogP contribution in [0, 0.1) is 0 Å². The molecule has 1 atom stereocenters. The van der Waals surface area contributed by atoms with Gasteiger partial charge in [0, 0.05) is 32.7 Å². The number of rotatable bonds is 7. The van der Waals surface area contributed by atoms with E-state index in [-0.39, 0.29) is 18.0 Å². The second-order valence-corrected chi connectivity index (χ2v) is 10.1. The summed E-state index contributed by atoms with van der Waals surface area (Å²) in [5.41, 5.74) is 2.89. The monoisotopic (exact) mass is 499 g/mol. The number of hydrazone groups is 1. The van der Waals surface area contributed by atoms with Crippen molar-refractivity contribution >= 4 is 21.9 Å². The Hall–Kier alpha value is -2.95. The third-order valence-electron chi connectivity index (χ3n) is 6.32. The van der Waals surface area contributed by atoms with Crippen LogP contribution in [0.3, 0.4) is 0 Å². The van der Waals surface area contributed by atoms with Gasteiger partial charge in [-0.25, -0.2) is 9.73 Å². The first kappa shape index (κ1) is 25.2. The van der Waals surface area contributed by atoms with Gasteiger partial charge in [0.2, 0.25) is 5.96 Å². The molecule has 1 unspecified atom stereocenters. The van der Waals surface area contributed by atoms with Gasteiger partial charge in [0.1, 0.15) is 5.75 Å². The van der Waals surface area contributed by atoms with Gasteiger partial charge in [0.05, 0.1) is 25.5 Å². The van der Waals surface area contributed by atoms with Gasteiger partial charge in [-0.15, -0.1) is 0 Å². The van der Waals surface area contributed by atoms with E-state index < -0.39 is 10.2 Å². The Bertz CT molecular complexity index is 1140. The molecule has 0 aliphatic carbocycles. The zero-order valence-electron chi connectivity index (χ0n) is 20.4. The maximum absolute atomic E-state index is 13.2. The van der Waals surface area contributed by atoms with E-state index in [0.29, 0.717) is 39.1 Å². The van der Waals surface area contributed by atoms with Crippen LogP contribution in [0.5, 0.6) is 5.75 Å². The van der Waals surface area contributed by atoms with Gasteiger partial charge in [0.15, 0.2) is 0 Å². The van der Waals surface area contributed by atoms with Crippen LogP contribution >= 0.6 is 0 Å². The highest BCUT2D eigenvalue weighted by Gasteiger charge is 2.34. The number of aliphatic imine (C=N–C) groups is 1. The topological polar surface area (TPSA) is 95.8 Å². The summed E-state index contributed by atoms with van der Waals surface area (Å²) in [6, 6.07) is 17.8. The van der Waals surface area contributed by atoms with Crippen molar-refractivity contribution in [1.82, 2.24) is 14.0 Å². The Morgan fingerprint density at radius 3 is 2.40 bits per heavy atom. The molecular weight excluding hydrogens is 466 g/mol. The number of ether oxygens (including phenoxy) is 2. The Kier molecular flexibility index (Phi) is 8.04. The molecule has 0 saturated carbocycles. The molecule has 2 aliphatic rings. The van der Waals surface area contributed by atoms with E-state index in [1.54, 1.807) is 19.2 Å². The average Bonchev–Trinajstić information content (AvgIpc) is 3.34. The van der Waals surface area contributed by atoms with Gasteiger partial charge in [-0.2, -0.15) is 17.8 Å². The first-order chi connectivity index (χ1) is 16.9. The van der Waals surface area contributed by atoms with Crippen molar-refractivity contribution in [3.05, 3.63) is 65.7 Å². The molecule has 0 radical (unpaired) electrons. The largest absolute Gasteiger partial charge is 0.497 e. The molecule has 188 valence electrons. The van der Waals surface area contributed by atoms with Crippen molar-refractivity contribution in [2.75, 3.05) is 40.4 Å². The van der Waals surface area contributed by atoms with E-state index in [2.05, 4.69) is 21.8 Å². The number of hydrogen-bond acceptors (Lipinski definition) is 6. The molecular formula is C25H33N5O4S. The van der Waals surface area contributed by atoms with E-state index in [1.165, 1.54) is 4.31 Å². The number of hydrogen-bond donors (Lipinski definition) is 1. The minimum Gasteiger partial charge on any atom is -0.497 e. The summed E-state index contributed by atoms with van der Waals surface area (Å²) in [4.78, 5) is 4.25. The molecule has 2 aromatic rings. The number of benzene rings is 2. The fraction of sp³-hybridized carbons (Fsp3) is 0.440. The Balaban J connectivity index is 1.55.